The van der Waals surface area contributed by atoms with Crippen molar-refractivity contribution in [1.82, 2.24) is 0 Å². The third kappa shape index (κ3) is 6.75. The molecule has 0 aromatic rings. The van der Waals surface area contributed by atoms with Gasteiger partial charge in [0.05, 0.1) is 6.42 Å². The molecule has 0 spiro atoms. The first-order chi connectivity index (χ1) is 4.45. The van der Waals surface area contributed by atoms with E-state index in [4.69, 9.17) is 46.7 Å². The lowest BCUT2D eigenvalue weighted by Crippen LogP contribution is -2.06. The van der Waals surface area contributed by atoms with Crippen molar-refractivity contribution >= 4 is 52.6 Å². The van der Waals surface area contributed by atoms with E-state index in [1.807, 2.05) is 0 Å². The Morgan fingerprint density at radius 2 is 1.90 bits per heavy atom. The van der Waals surface area contributed by atoms with Gasteiger partial charge in [0.15, 0.2) is 3.79 Å². The third-order valence-electron chi connectivity index (χ3n) is 0.699. The molecule has 0 radical (unpaired) electrons. The Hall–Kier alpha value is 0.630. The number of alkyl halides is 3. The Labute approximate surface area is 78.5 Å². The van der Waals surface area contributed by atoms with Crippen molar-refractivity contribution in [2.24, 2.45) is 0 Å². The fourth-order valence-electron chi connectivity index (χ4n) is 0.282. The normalized spacial score (nSPS) is 11.2. The van der Waals surface area contributed by atoms with Crippen LogP contribution >= 0.6 is 46.7 Å². The zero-order chi connectivity index (χ0) is 8.20. The highest BCUT2D eigenvalue weighted by Gasteiger charge is 2.21. The van der Waals surface area contributed by atoms with Gasteiger partial charge >= 0.3 is 5.97 Å². The van der Waals surface area contributed by atoms with Gasteiger partial charge in [0.1, 0.15) is 11.9 Å². The van der Waals surface area contributed by atoms with Crippen LogP contribution in [0.1, 0.15) is 12.8 Å². The Morgan fingerprint density at radius 1 is 1.40 bits per heavy atom. The highest BCUT2D eigenvalue weighted by atomic mass is 35.6. The maximum Gasteiger partial charge on any atom is 0.324 e. The summed E-state index contributed by atoms with van der Waals surface area (Å²) in [6.45, 7) is 0. The molecule has 0 N–H and O–H groups in total. The monoisotopic (exact) mass is 224 g/mol. The summed E-state index contributed by atoms with van der Waals surface area (Å²) in [7, 11) is 0. The van der Waals surface area contributed by atoms with Crippen LogP contribution in [0, 0.1) is 0 Å². The van der Waals surface area contributed by atoms with Crippen molar-refractivity contribution in [3.8, 4) is 0 Å². The molecule has 10 heavy (non-hydrogen) atoms. The van der Waals surface area contributed by atoms with Crippen LogP contribution in [0.3, 0.4) is 0 Å². The van der Waals surface area contributed by atoms with Crippen LogP contribution in [-0.2, 0) is 9.08 Å². The Bertz CT molecular complexity index is 119. The number of halogens is 4. The Kier molecular flexibility index (Phi) is 4.78. The van der Waals surface area contributed by atoms with E-state index in [0.717, 1.165) is 0 Å². The third-order valence-corrected chi connectivity index (χ3v) is 1.44. The Balaban J connectivity index is 3.46. The first-order valence-corrected chi connectivity index (χ1v) is 3.78. The molecule has 0 aliphatic heterocycles. The molecule has 0 bridgehead atoms. The van der Waals surface area contributed by atoms with Crippen LogP contribution in [-0.4, -0.2) is 9.76 Å². The van der Waals surface area contributed by atoms with E-state index in [1.54, 1.807) is 0 Å². The number of carbonyl (C=O) groups is 1. The fourth-order valence-corrected chi connectivity index (χ4v) is 0.643. The van der Waals surface area contributed by atoms with Crippen LogP contribution in [0.25, 0.3) is 0 Å². The van der Waals surface area contributed by atoms with E-state index in [1.165, 1.54) is 0 Å². The summed E-state index contributed by atoms with van der Waals surface area (Å²) in [5.74, 6) is -0.604. The molecule has 60 valence electrons. The minimum atomic E-state index is -1.41. The van der Waals surface area contributed by atoms with Crippen LogP contribution < -0.4 is 0 Å². The summed E-state index contributed by atoms with van der Waals surface area (Å²) < 4.78 is 2.39. The van der Waals surface area contributed by atoms with Crippen molar-refractivity contribution in [1.29, 1.82) is 0 Å². The average Bonchev–Trinajstić information content (AvgIpc) is 1.81. The van der Waals surface area contributed by atoms with Gasteiger partial charge in [-0.15, -0.1) is 0 Å². The number of hydrogen-bond donors (Lipinski definition) is 0. The second-order valence-corrected chi connectivity index (χ2v) is 4.23. The maximum absolute atomic E-state index is 10.3. The number of hydrogen-bond acceptors (Lipinski definition) is 2. The van der Waals surface area contributed by atoms with Crippen molar-refractivity contribution in [2.75, 3.05) is 0 Å². The SMILES string of the molecule is O=C(CCC(Cl)(Cl)Cl)OCl. The second-order valence-electron chi connectivity index (χ2n) is 1.56. The van der Waals surface area contributed by atoms with Crippen LogP contribution in [0.2, 0.25) is 0 Å². The summed E-state index contributed by atoms with van der Waals surface area (Å²) in [6, 6.07) is 0. The van der Waals surface area contributed by atoms with E-state index >= 15 is 0 Å². The molecule has 0 aliphatic carbocycles. The van der Waals surface area contributed by atoms with Gasteiger partial charge in [0.2, 0.25) is 0 Å². The van der Waals surface area contributed by atoms with Gasteiger partial charge in [-0.1, -0.05) is 34.8 Å². The summed E-state index contributed by atoms with van der Waals surface area (Å²) in [5.41, 5.74) is 0. The van der Waals surface area contributed by atoms with Crippen LogP contribution in [0.5, 0.6) is 0 Å². The molecule has 0 rings (SSSR count). The van der Waals surface area contributed by atoms with Gasteiger partial charge in [-0.25, -0.2) is 0 Å². The molecule has 2 nitrogen and oxygen atoms in total. The largest absolute Gasteiger partial charge is 0.348 e. The standard InChI is InChI=1S/C4H4Cl4O2/c5-4(6,7)2-1-3(9)10-8/h1-2H2. The molecule has 0 fully saturated rings. The molecule has 0 amide bonds. The summed E-state index contributed by atoms with van der Waals surface area (Å²) in [6.07, 6.45) is 0.100. The average molecular weight is 226 g/mol. The molecular formula is C4H4Cl4O2. The summed E-state index contributed by atoms with van der Waals surface area (Å²) in [5, 5.41) is 0. The van der Waals surface area contributed by atoms with E-state index < -0.39 is 9.76 Å². The van der Waals surface area contributed by atoms with E-state index in [-0.39, 0.29) is 12.8 Å². The van der Waals surface area contributed by atoms with E-state index in [2.05, 4.69) is 4.29 Å². The lowest BCUT2D eigenvalue weighted by molar-refractivity contribution is -0.134. The lowest BCUT2D eigenvalue weighted by atomic mass is 10.3. The van der Waals surface area contributed by atoms with Gasteiger partial charge in [0, 0.05) is 6.42 Å². The molecule has 0 aliphatic rings. The predicted molar refractivity (Wildman–Crippen MR) is 41.5 cm³/mol. The van der Waals surface area contributed by atoms with Crippen molar-refractivity contribution < 1.29 is 9.08 Å². The molecule has 0 aromatic heterocycles. The molecule has 0 saturated heterocycles. The lowest BCUT2D eigenvalue weighted by Gasteiger charge is -2.07. The minimum absolute atomic E-state index is 0.000000000000000222. The second kappa shape index (κ2) is 4.50. The predicted octanol–water partition coefficient (Wildman–Crippen LogP) is 2.83. The van der Waals surface area contributed by atoms with Gasteiger partial charge in [0.25, 0.3) is 0 Å². The highest BCUT2D eigenvalue weighted by molar-refractivity contribution is 6.67. The van der Waals surface area contributed by atoms with Gasteiger partial charge in [-0.2, -0.15) is 0 Å². The minimum Gasteiger partial charge on any atom is -0.348 e. The molecule has 0 aromatic carbocycles. The summed E-state index contributed by atoms with van der Waals surface area (Å²) in [4.78, 5) is 10.3. The van der Waals surface area contributed by atoms with Crippen molar-refractivity contribution in [3.05, 3.63) is 0 Å². The van der Waals surface area contributed by atoms with Crippen molar-refractivity contribution in [2.45, 2.75) is 16.6 Å². The Morgan fingerprint density at radius 3 is 2.20 bits per heavy atom. The zero-order valence-electron chi connectivity index (χ0n) is 4.74. The first-order valence-electron chi connectivity index (χ1n) is 2.34. The first kappa shape index (κ1) is 10.6. The van der Waals surface area contributed by atoms with Gasteiger partial charge < -0.3 is 4.29 Å². The summed E-state index contributed by atoms with van der Waals surface area (Å²) >= 11 is 20.6. The molecule has 0 heterocycles. The quantitative estimate of drug-likeness (QED) is 0.676. The van der Waals surface area contributed by atoms with E-state index in [0.29, 0.717) is 0 Å². The van der Waals surface area contributed by atoms with Crippen molar-refractivity contribution in [3.63, 3.8) is 0 Å². The number of rotatable bonds is 2. The smallest absolute Gasteiger partial charge is 0.324 e. The van der Waals surface area contributed by atoms with Crippen LogP contribution in [0.15, 0.2) is 0 Å². The maximum atomic E-state index is 10.3. The molecular weight excluding hydrogens is 222 g/mol. The highest BCUT2D eigenvalue weighted by Crippen LogP contribution is 2.31. The molecule has 0 saturated carbocycles. The van der Waals surface area contributed by atoms with Gasteiger partial charge in [-0.05, 0) is 0 Å². The van der Waals surface area contributed by atoms with Crippen LogP contribution in [0.4, 0.5) is 0 Å². The topological polar surface area (TPSA) is 26.3 Å². The van der Waals surface area contributed by atoms with E-state index in [9.17, 15) is 4.79 Å². The fraction of sp³-hybridized carbons (Fsp3) is 0.750. The zero-order valence-corrected chi connectivity index (χ0v) is 7.77. The number of carbonyl (C=O) groups excluding carboxylic acids is 1. The molecule has 6 heteroatoms. The molecule has 0 atom stereocenters. The van der Waals surface area contributed by atoms with Gasteiger partial charge in [-0.3, -0.25) is 4.79 Å². The molecule has 0 unspecified atom stereocenters.